The molecule has 0 saturated carbocycles. The van der Waals surface area contributed by atoms with Crippen LogP contribution in [0.4, 0.5) is 0 Å². The van der Waals surface area contributed by atoms with E-state index in [1.165, 1.54) is 20.4 Å². The quantitative estimate of drug-likeness (QED) is 0.478. The number of amides is 1. The molecular weight excluding hydrogens is 320 g/mol. The van der Waals surface area contributed by atoms with Gasteiger partial charge in [0.05, 0.1) is 20.4 Å². The Bertz CT molecular complexity index is 809. The number of rotatable bonds is 7. The molecule has 25 heavy (non-hydrogen) atoms. The van der Waals surface area contributed by atoms with Crippen molar-refractivity contribution in [3.63, 3.8) is 0 Å². The van der Waals surface area contributed by atoms with Crippen LogP contribution in [-0.4, -0.2) is 32.9 Å². The molecule has 0 aliphatic heterocycles. The number of benzene rings is 2. The molecule has 0 aliphatic rings. The number of carbonyl (C=O) groups is 1. The molecule has 6 nitrogen and oxygen atoms in total. The molecule has 0 fully saturated rings. The Morgan fingerprint density at radius 3 is 2.72 bits per heavy atom. The minimum Gasteiger partial charge on any atom is -0.493 e. The topological polar surface area (TPSA) is 69.2 Å². The van der Waals surface area contributed by atoms with Gasteiger partial charge in [0.25, 0.3) is 5.91 Å². The predicted molar refractivity (Wildman–Crippen MR) is 95.4 cm³/mol. The molecule has 6 heteroatoms. The lowest BCUT2D eigenvalue weighted by molar-refractivity contribution is 0.0954. The van der Waals surface area contributed by atoms with E-state index in [0.717, 1.165) is 5.56 Å². The molecule has 0 heterocycles. The van der Waals surface area contributed by atoms with Crippen LogP contribution < -0.4 is 19.6 Å². The highest BCUT2D eigenvalue weighted by atomic mass is 16.5. The van der Waals surface area contributed by atoms with Gasteiger partial charge in [0.2, 0.25) is 0 Å². The summed E-state index contributed by atoms with van der Waals surface area (Å²) in [5.74, 6) is 3.68. The average Bonchev–Trinajstić information content (AvgIpc) is 2.66. The molecule has 0 aliphatic carbocycles. The lowest BCUT2D eigenvalue weighted by Crippen LogP contribution is -2.17. The van der Waals surface area contributed by atoms with Gasteiger partial charge in [-0.1, -0.05) is 18.1 Å². The van der Waals surface area contributed by atoms with E-state index in [9.17, 15) is 4.79 Å². The minimum absolute atomic E-state index is 0.191. The van der Waals surface area contributed by atoms with Gasteiger partial charge < -0.3 is 14.2 Å². The Kier molecular flexibility index (Phi) is 6.43. The van der Waals surface area contributed by atoms with Gasteiger partial charge >= 0.3 is 0 Å². The summed E-state index contributed by atoms with van der Waals surface area (Å²) in [6.07, 6.45) is 6.67. The lowest BCUT2D eigenvalue weighted by atomic mass is 10.2. The highest BCUT2D eigenvalue weighted by Gasteiger charge is 2.09. The zero-order valence-electron chi connectivity index (χ0n) is 14.0. The van der Waals surface area contributed by atoms with E-state index in [-0.39, 0.29) is 12.5 Å². The van der Waals surface area contributed by atoms with Gasteiger partial charge in [0.15, 0.2) is 11.5 Å². The number of nitrogens with one attached hydrogen (secondary N) is 1. The van der Waals surface area contributed by atoms with Gasteiger partial charge in [-0.15, -0.1) is 6.42 Å². The fourth-order valence-electron chi connectivity index (χ4n) is 2.02. The number of nitrogens with zero attached hydrogens (tertiary/aromatic N) is 1. The molecule has 0 aromatic heterocycles. The first-order valence-electron chi connectivity index (χ1n) is 7.39. The first-order chi connectivity index (χ1) is 12.2. The Morgan fingerprint density at radius 1 is 1.20 bits per heavy atom. The fraction of sp³-hybridized carbons (Fsp3) is 0.158. The molecule has 128 valence electrons. The van der Waals surface area contributed by atoms with Crippen LogP contribution in [0.3, 0.4) is 0 Å². The second-order valence-corrected chi connectivity index (χ2v) is 4.83. The highest BCUT2D eigenvalue weighted by Crippen LogP contribution is 2.27. The zero-order valence-corrected chi connectivity index (χ0v) is 14.0. The van der Waals surface area contributed by atoms with Gasteiger partial charge in [-0.3, -0.25) is 4.79 Å². The van der Waals surface area contributed by atoms with E-state index in [1.54, 1.807) is 30.3 Å². The standard InChI is InChI=1S/C19H18N2O4/c1-4-10-25-16-7-5-6-14(11-16)13-20-21-19(22)15-8-9-17(23-2)18(12-15)24-3/h1,5-9,11-13H,10H2,2-3H3,(H,21,22)/b20-13+. The molecule has 0 unspecified atom stereocenters. The SMILES string of the molecule is C#CCOc1cccc(/C=N/NC(=O)c2ccc(OC)c(OC)c2)c1. The Morgan fingerprint density at radius 2 is 2.00 bits per heavy atom. The van der Waals surface area contributed by atoms with Crippen LogP contribution in [0, 0.1) is 12.3 Å². The van der Waals surface area contributed by atoms with Crippen LogP contribution in [0.15, 0.2) is 47.6 Å². The molecule has 2 aromatic carbocycles. The van der Waals surface area contributed by atoms with Crippen molar-refractivity contribution in [1.82, 2.24) is 5.43 Å². The van der Waals surface area contributed by atoms with Crippen molar-refractivity contribution < 1.29 is 19.0 Å². The summed E-state index contributed by atoms with van der Waals surface area (Å²) < 4.78 is 15.6. The highest BCUT2D eigenvalue weighted by molar-refractivity contribution is 5.95. The van der Waals surface area contributed by atoms with E-state index in [1.807, 2.05) is 12.1 Å². The summed E-state index contributed by atoms with van der Waals surface area (Å²) >= 11 is 0. The number of hydrazone groups is 1. The van der Waals surface area contributed by atoms with Gasteiger partial charge in [-0.25, -0.2) is 5.43 Å². The molecule has 0 bridgehead atoms. The van der Waals surface area contributed by atoms with Crippen molar-refractivity contribution in [2.24, 2.45) is 5.10 Å². The van der Waals surface area contributed by atoms with Gasteiger partial charge in [0, 0.05) is 5.56 Å². The van der Waals surface area contributed by atoms with Gasteiger partial charge in [-0.05, 0) is 35.9 Å². The van der Waals surface area contributed by atoms with E-state index < -0.39 is 0 Å². The molecule has 0 saturated heterocycles. The first-order valence-corrected chi connectivity index (χ1v) is 7.39. The number of terminal acetylenes is 1. The molecule has 0 atom stereocenters. The lowest BCUT2D eigenvalue weighted by Gasteiger charge is -2.08. The summed E-state index contributed by atoms with van der Waals surface area (Å²) in [6.45, 7) is 0.191. The number of hydrogen-bond donors (Lipinski definition) is 1. The summed E-state index contributed by atoms with van der Waals surface area (Å²) in [6, 6.07) is 12.1. The van der Waals surface area contributed by atoms with Crippen molar-refractivity contribution in [2.75, 3.05) is 20.8 Å². The minimum atomic E-state index is -0.364. The fourth-order valence-corrected chi connectivity index (χ4v) is 2.02. The smallest absolute Gasteiger partial charge is 0.271 e. The summed E-state index contributed by atoms with van der Waals surface area (Å²) in [4.78, 5) is 12.1. The molecule has 1 N–H and O–H groups in total. The number of ether oxygens (including phenoxy) is 3. The van der Waals surface area contributed by atoms with Gasteiger partial charge in [0.1, 0.15) is 12.4 Å². The van der Waals surface area contributed by atoms with Crippen LogP contribution in [0.25, 0.3) is 0 Å². The second kappa shape index (κ2) is 8.99. The van der Waals surface area contributed by atoms with E-state index in [0.29, 0.717) is 22.8 Å². The monoisotopic (exact) mass is 338 g/mol. The normalized spacial score (nSPS) is 10.1. The molecule has 1 amide bonds. The summed E-state index contributed by atoms with van der Waals surface area (Å²) in [5, 5.41) is 3.94. The average molecular weight is 338 g/mol. The molecular formula is C19H18N2O4. The van der Waals surface area contributed by atoms with Crippen LogP contribution in [0.1, 0.15) is 15.9 Å². The maximum atomic E-state index is 12.1. The van der Waals surface area contributed by atoms with Crippen molar-refractivity contribution >= 4 is 12.1 Å². The largest absolute Gasteiger partial charge is 0.493 e. The van der Waals surface area contributed by atoms with Gasteiger partial charge in [-0.2, -0.15) is 5.10 Å². The molecule has 2 aromatic rings. The third-order valence-corrected chi connectivity index (χ3v) is 3.21. The van der Waals surface area contributed by atoms with Crippen molar-refractivity contribution in [1.29, 1.82) is 0 Å². The van der Waals surface area contributed by atoms with Crippen molar-refractivity contribution in [3.05, 3.63) is 53.6 Å². The van der Waals surface area contributed by atoms with Crippen LogP contribution >= 0.6 is 0 Å². The Labute approximate surface area is 146 Å². The van der Waals surface area contributed by atoms with Crippen LogP contribution in [-0.2, 0) is 0 Å². The molecule has 0 radical (unpaired) electrons. The number of carbonyl (C=O) groups excluding carboxylic acids is 1. The molecule has 0 spiro atoms. The van der Waals surface area contributed by atoms with Crippen molar-refractivity contribution in [3.8, 4) is 29.6 Å². The Hall–Kier alpha value is -3.46. The van der Waals surface area contributed by atoms with E-state index >= 15 is 0 Å². The molecule has 2 rings (SSSR count). The maximum absolute atomic E-state index is 12.1. The predicted octanol–water partition coefficient (Wildman–Crippen LogP) is 2.48. The van der Waals surface area contributed by atoms with E-state index in [2.05, 4.69) is 16.4 Å². The number of methoxy groups -OCH3 is 2. The summed E-state index contributed by atoms with van der Waals surface area (Å²) in [5.41, 5.74) is 3.63. The first kappa shape index (κ1) is 17.9. The van der Waals surface area contributed by atoms with Crippen LogP contribution in [0.5, 0.6) is 17.2 Å². The van der Waals surface area contributed by atoms with Crippen LogP contribution in [0.2, 0.25) is 0 Å². The maximum Gasteiger partial charge on any atom is 0.271 e. The number of hydrogen-bond acceptors (Lipinski definition) is 5. The zero-order chi connectivity index (χ0) is 18.1. The third kappa shape index (κ3) is 5.01. The van der Waals surface area contributed by atoms with E-state index in [4.69, 9.17) is 20.6 Å². The van der Waals surface area contributed by atoms with Crippen molar-refractivity contribution in [2.45, 2.75) is 0 Å². The second-order valence-electron chi connectivity index (χ2n) is 4.83. The Balaban J connectivity index is 2.02. The summed E-state index contributed by atoms with van der Waals surface area (Å²) in [7, 11) is 3.04. The third-order valence-electron chi connectivity index (χ3n) is 3.21.